The summed E-state index contributed by atoms with van der Waals surface area (Å²) in [4.78, 5) is 36.9. The average Bonchev–Trinajstić information content (AvgIpc) is 2.32. The number of Topliss-reactive ketones (excluding diaryl/α,β-unsaturated/α-hetero) is 1. The van der Waals surface area contributed by atoms with Gasteiger partial charge in [0.1, 0.15) is 0 Å². The molecule has 0 aromatic rings. The number of nitrogens with zero attached hydrogens (tertiary/aromatic N) is 1. The maximum Gasteiger partial charge on any atom is 0.238 e. The Balaban J connectivity index is 4.67. The van der Waals surface area contributed by atoms with Crippen molar-refractivity contribution < 1.29 is 14.4 Å². The fourth-order valence-electron chi connectivity index (χ4n) is 1.43. The van der Waals surface area contributed by atoms with Gasteiger partial charge in [0.25, 0.3) is 0 Å². The minimum Gasteiger partial charge on any atom is -0.345 e. The Hall–Kier alpha value is -1.43. The lowest BCUT2D eigenvalue weighted by Gasteiger charge is -2.33. The summed E-state index contributed by atoms with van der Waals surface area (Å²) in [6.45, 7) is 8.82. The van der Waals surface area contributed by atoms with E-state index < -0.39 is 12.1 Å². The van der Waals surface area contributed by atoms with Crippen LogP contribution in [0, 0.1) is 0 Å². The van der Waals surface area contributed by atoms with Crippen LogP contribution in [0.3, 0.4) is 0 Å². The third-order valence-electron chi connectivity index (χ3n) is 3.39. The van der Waals surface area contributed by atoms with Crippen molar-refractivity contribution in [1.82, 2.24) is 15.5 Å². The molecular weight excluding hydrogens is 258 g/mol. The van der Waals surface area contributed by atoms with Gasteiger partial charge in [0, 0.05) is 12.6 Å². The normalized spacial score (nSPS) is 14.3. The Morgan fingerprint density at radius 2 is 1.70 bits per heavy atom. The van der Waals surface area contributed by atoms with E-state index in [9.17, 15) is 14.4 Å². The van der Waals surface area contributed by atoms with Gasteiger partial charge in [-0.3, -0.25) is 14.4 Å². The molecule has 0 radical (unpaired) electrons. The lowest BCUT2D eigenvalue weighted by atomic mass is 10.0. The summed E-state index contributed by atoms with van der Waals surface area (Å²) < 4.78 is 0. The monoisotopic (exact) mass is 285 g/mol. The molecule has 6 heteroatoms. The highest BCUT2D eigenvalue weighted by Crippen LogP contribution is 2.12. The van der Waals surface area contributed by atoms with Gasteiger partial charge in [-0.05, 0) is 41.7 Å². The fourth-order valence-corrected chi connectivity index (χ4v) is 1.43. The van der Waals surface area contributed by atoms with Crippen molar-refractivity contribution in [3.63, 3.8) is 0 Å². The molecule has 0 saturated carbocycles. The van der Waals surface area contributed by atoms with Crippen LogP contribution in [-0.2, 0) is 14.4 Å². The molecule has 116 valence electrons. The van der Waals surface area contributed by atoms with Crippen LogP contribution in [0.15, 0.2) is 0 Å². The summed E-state index contributed by atoms with van der Waals surface area (Å²) in [6.07, 6.45) is 0.0563. The molecule has 0 rings (SSSR count). The summed E-state index contributed by atoms with van der Waals surface area (Å²) in [6, 6.07) is -1.19. The molecule has 0 aliphatic carbocycles. The van der Waals surface area contributed by atoms with Crippen molar-refractivity contribution in [2.45, 2.75) is 58.7 Å². The van der Waals surface area contributed by atoms with Crippen LogP contribution < -0.4 is 10.6 Å². The maximum atomic E-state index is 12.1. The average molecular weight is 285 g/mol. The Bertz CT molecular complexity index is 374. The van der Waals surface area contributed by atoms with Gasteiger partial charge < -0.3 is 15.5 Å². The molecular formula is C14H27N3O3. The van der Waals surface area contributed by atoms with E-state index in [1.807, 2.05) is 20.8 Å². The molecule has 0 aromatic carbocycles. The van der Waals surface area contributed by atoms with Gasteiger partial charge in [-0.15, -0.1) is 0 Å². The van der Waals surface area contributed by atoms with Crippen LogP contribution >= 0.6 is 0 Å². The van der Waals surface area contributed by atoms with Gasteiger partial charge in [0.2, 0.25) is 11.8 Å². The van der Waals surface area contributed by atoms with Crippen molar-refractivity contribution >= 4 is 17.6 Å². The summed E-state index contributed by atoms with van der Waals surface area (Å²) in [5.41, 5.74) is -0.293. The lowest BCUT2D eigenvalue weighted by molar-refractivity contribution is -0.137. The minimum absolute atomic E-state index is 0.0563. The fraction of sp³-hybridized carbons (Fsp3) is 0.786. The van der Waals surface area contributed by atoms with Crippen molar-refractivity contribution in [3.05, 3.63) is 0 Å². The largest absolute Gasteiger partial charge is 0.345 e. The number of nitrogens with one attached hydrogen (secondary N) is 2. The number of hydrogen-bond acceptors (Lipinski definition) is 4. The van der Waals surface area contributed by atoms with Gasteiger partial charge in [0.05, 0.1) is 18.5 Å². The number of likely N-dealkylation sites (N-methyl/N-ethyl adjacent to an activating group) is 1. The van der Waals surface area contributed by atoms with E-state index in [-0.39, 0.29) is 29.6 Å². The molecule has 6 nitrogen and oxygen atoms in total. The minimum atomic E-state index is -0.644. The summed E-state index contributed by atoms with van der Waals surface area (Å²) in [7, 11) is 3.33. The van der Waals surface area contributed by atoms with E-state index in [1.165, 1.54) is 6.92 Å². The molecule has 0 spiro atoms. The summed E-state index contributed by atoms with van der Waals surface area (Å²) in [5.74, 6) is -0.584. The zero-order valence-electron chi connectivity index (χ0n) is 13.5. The first-order valence-corrected chi connectivity index (χ1v) is 6.75. The number of carbonyl (C=O) groups excluding carboxylic acids is 3. The predicted octanol–water partition coefficient (Wildman–Crippen LogP) is 0.315. The Morgan fingerprint density at radius 1 is 1.20 bits per heavy atom. The van der Waals surface area contributed by atoms with E-state index in [1.54, 1.807) is 25.9 Å². The zero-order chi connectivity index (χ0) is 16.1. The molecule has 2 N–H and O–H groups in total. The van der Waals surface area contributed by atoms with Crippen molar-refractivity contribution in [1.29, 1.82) is 0 Å². The van der Waals surface area contributed by atoms with Gasteiger partial charge in [-0.1, -0.05) is 0 Å². The first-order valence-electron chi connectivity index (χ1n) is 6.75. The third kappa shape index (κ3) is 5.69. The topological polar surface area (TPSA) is 78.5 Å². The van der Waals surface area contributed by atoms with Gasteiger partial charge >= 0.3 is 0 Å². The van der Waals surface area contributed by atoms with Crippen LogP contribution in [0.4, 0.5) is 0 Å². The number of hydrogen-bond donors (Lipinski definition) is 2. The first kappa shape index (κ1) is 18.6. The van der Waals surface area contributed by atoms with Gasteiger partial charge in [0.15, 0.2) is 5.78 Å². The van der Waals surface area contributed by atoms with Crippen molar-refractivity contribution in [2.24, 2.45) is 0 Å². The molecule has 0 bridgehead atoms. The second-order valence-electron chi connectivity index (χ2n) is 6.01. The summed E-state index contributed by atoms with van der Waals surface area (Å²) in [5, 5.41) is 5.40. The molecule has 0 fully saturated rings. The van der Waals surface area contributed by atoms with Crippen LogP contribution in [0.2, 0.25) is 0 Å². The van der Waals surface area contributed by atoms with E-state index in [0.29, 0.717) is 0 Å². The van der Waals surface area contributed by atoms with E-state index in [2.05, 4.69) is 10.6 Å². The zero-order valence-corrected chi connectivity index (χ0v) is 13.5. The van der Waals surface area contributed by atoms with Gasteiger partial charge in [-0.25, -0.2) is 0 Å². The molecule has 2 atom stereocenters. The van der Waals surface area contributed by atoms with Crippen molar-refractivity contribution in [3.8, 4) is 0 Å². The van der Waals surface area contributed by atoms with Crippen LogP contribution in [-0.4, -0.2) is 54.2 Å². The molecule has 0 saturated heterocycles. The highest BCUT2D eigenvalue weighted by molar-refractivity contribution is 5.92. The predicted molar refractivity (Wildman–Crippen MR) is 78.3 cm³/mol. The third-order valence-corrected chi connectivity index (χ3v) is 3.39. The molecule has 0 aliphatic heterocycles. The number of ketones is 1. The Labute approximate surface area is 121 Å². The second kappa shape index (κ2) is 7.38. The van der Waals surface area contributed by atoms with Gasteiger partial charge in [-0.2, -0.15) is 0 Å². The molecule has 0 aromatic heterocycles. The van der Waals surface area contributed by atoms with Crippen LogP contribution in [0.25, 0.3) is 0 Å². The lowest BCUT2D eigenvalue weighted by Crippen LogP contribution is -2.51. The quantitative estimate of drug-likeness (QED) is 0.736. The van der Waals surface area contributed by atoms with Crippen molar-refractivity contribution in [2.75, 3.05) is 14.1 Å². The maximum absolute atomic E-state index is 12.1. The highest BCUT2D eigenvalue weighted by Gasteiger charge is 2.28. The number of rotatable bonds is 6. The second-order valence-corrected chi connectivity index (χ2v) is 6.01. The SMILES string of the molecule is CNC(CC(=O)N(C)C(C)(C)C)C(=O)NC(C)C(C)=O. The standard InChI is InChI=1S/C14H27N3O3/c1-9(10(2)18)16-13(20)11(15-6)8-12(19)17(7)14(3,4)5/h9,11,15H,8H2,1-7H3,(H,16,20). The van der Waals surface area contributed by atoms with E-state index in [0.717, 1.165) is 0 Å². The first-order chi connectivity index (χ1) is 9.00. The highest BCUT2D eigenvalue weighted by atomic mass is 16.2. The Morgan fingerprint density at radius 3 is 2.05 bits per heavy atom. The molecule has 0 heterocycles. The Kier molecular flexibility index (Phi) is 6.85. The summed E-state index contributed by atoms with van der Waals surface area (Å²) >= 11 is 0. The van der Waals surface area contributed by atoms with E-state index >= 15 is 0 Å². The molecule has 20 heavy (non-hydrogen) atoms. The number of amides is 2. The number of carbonyl (C=O) groups is 3. The van der Waals surface area contributed by atoms with E-state index in [4.69, 9.17) is 0 Å². The van der Waals surface area contributed by atoms with Crippen LogP contribution in [0.5, 0.6) is 0 Å². The van der Waals surface area contributed by atoms with Crippen LogP contribution in [0.1, 0.15) is 41.0 Å². The smallest absolute Gasteiger partial charge is 0.238 e. The molecule has 0 aliphatic rings. The molecule has 2 unspecified atom stereocenters. The molecule has 2 amide bonds.